The standard InChI is InChI=1S/C16H31N5O5S/c1-9(2)13(21-14(24)10(18)5-3-4-6-17)16(26)20-11(8-27)15(25)19-7-12(22)23/h9-11,13,27H,3-8,17-18H2,1-2H3,(H,19,25)(H,20,26)(H,21,24)(H,22,23). The Hall–Kier alpha value is -1.85. The number of thiol groups is 1. The third-order valence-corrected chi connectivity index (χ3v) is 4.15. The number of nitrogens with two attached hydrogens (primary N) is 2. The van der Waals surface area contributed by atoms with Gasteiger partial charge in [0.25, 0.3) is 0 Å². The molecule has 0 aliphatic rings. The number of hydrogen-bond acceptors (Lipinski definition) is 7. The SMILES string of the molecule is CC(C)C(NC(=O)C(N)CCCCN)C(=O)NC(CS)C(=O)NCC(=O)O. The van der Waals surface area contributed by atoms with Gasteiger partial charge in [-0.1, -0.05) is 20.3 Å². The molecule has 3 unspecified atom stereocenters. The molecule has 0 rings (SSSR count). The number of unbranched alkanes of at least 4 members (excludes halogenated alkanes) is 1. The van der Waals surface area contributed by atoms with Crippen LogP contribution in [0.25, 0.3) is 0 Å². The maximum Gasteiger partial charge on any atom is 0.322 e. The summed E-state index contributed by atoms with van der Waals surface area (Å²) in [5.74, 6) is -3.20. The van der Waals surface area contributed by atoms with Crippen LogP contribution in [-0.2, 0) is 19.2 Å². The van der Waals surface area contributed by atoms with Gasteiger partial charge in [0, 0.05) is 5.75 Å². The molecule has 3 amide bonds. The van der Waals surface area contributed by atoms with Crippen LogP contribution in [0.15, 0.2) is 0 Å². The number of nitrogens with one attached hydrogen (secondary N) is 3. The molecule has 0 heterocycles. The van der Waals surface area contributed by atoms with Crippen molar-refractivity contribution in [3.05, 3.63) is 0 Å². The first-order valence-corrected chi connectivity index (χ1v) is 9.44. The number of carboxylic acid groups (broad SMARTS) is 1. The molecule has 0 fully saturated rings. The molecule has 27 heavy (non-hydrogen) atoms. The van der Waals surface area contributed by atoms with Gasteiger partial charge in [-0.2, -0.15) is 12.6 Å². The minimum atomic E-state index is -1.21. The largest absolute Gasteiger partial charge is 0.480 e. The van der Waals surface area contributed by atoms with Crippen molar-refractivity contribution in [2.45, 2.75) is 51.2 Å². The highest BCUT2D eigenvalue weighted by molar-refractivity contribution is 7.80. The van der Waals surface area contributed by atoms with Gasteiger partial charge in [0.2, 0.25) is 17.7 Å². The van der Waals surface area contributed by atoms with Gasteiger partial charge in [0.15, 0.2) is 0 Å². The second-order valence-corrected chi connectivity index (χ2v) is 6.84. The van der Waals surface area contributed by atoms with E-state index in [4.69, 9.17) is 16.6 Å². The maximum absolute atomic E-state index is 12.5. The van der Waals surface area contributed by atoms with Crippen LogP contribution in [0.1, 0.15) is 33.1 Å². The van der Waals surface area contributed by atoms with Crippen LogP contribution >= 0.6 is 12.6 Å². The highest BCUT2D eigenvalue weighted by Crippen LogP contribution is 2.05. The minimum absolute atomic E-state index is 0.0332. The lowest BCUT2D eigenvalue weighted by Crippen LogP contribution is -2.58. The number of carbonyl (C=O) groups excluding carboxylic acids is 3. The number of carbonyl (C=O) groups is 4. The van der Waals surface area contributed by atoms with Gasteiger partial charge in [-0.05, 0) is 25.3 Å². The van der Waals surface area contributed by atoms with Crippen LogP contribution in [0, 0.1) is 5.92 Å². The van der Waals surface area contributed by atoms with Gasteiger partial charge in [0.1, 0.15) is 18.6 Å². The number of amides is 3. The van der Waals surface area contributed by atoms with E-state index < -0.39 is 48.4 Å². The van der Waals surface area contributed by atoms with Gasteiger partial charge < -0.3 is 32.5 Å². The number of rotatable bonds is 13. The van der Waals surface area contributed by atoms with Gasteiger partial charge in [-0.3, -0.25) is 19.2 Å². The van der Waals surface area contributed by atoms with E-state index in [0.717, 1.165) is 6.42 Å². The molecule has 0 saturated carbocycles. The lowest BCUT2D eigenvalue weighted by molar-refractivity contribution is -0.138. The third-order valence-electron chi connectivity index (χ3n) is 3.78. The molecule has 8 N–H and O–H groups in total. The molecule has 0 bridgehead atoms. The fourth-order valence-corrected chi connectivity index (χ4v) is 2.43. The summed E-state index contributed by atoms with van der Waals surface area (Å²) in [5.41, 5.74) is 11.2. The normalized spacial score (nSPS) is 14.1. The van der Waals surface area contributed by atoms with E-state index in [1.165, 1.54) is 0 Å². The molecule has 10 nitrogen and oxygen atoms in total. The first-order chi connectivity index (χ1) is 12.6. The van der Waals surface area contributed by atoms with E-state index in [-0.39, 0.29) is 11.7 Å². The second kappa shape index (κ2) is 13.3. The molecule has 0 aliphatic heterocycles. The molecule has 0 aromatic carbocycles. The molecular weight excluding hydrogens is 374 g/mol. The van der Waals surface area contributed by atoms with Crippen molar-refractivity contribution in [1.82, 2.24) is 16.0 Å². The monoisotopic (exact) mass is 405 g/mol. The van der Waals surface area contributed by atoms with Crippen molar-refractivity contribution in [3.8, 4) is 0 Å². The highest BCUT2D eigenvalue weighted by atomic mass is 32.1. The molecule has 11 heteroatoms. The van der Waals surface area contributed by atoms with Gasteiger partial charge in [0.05, 0.1) is 6.04 Å². The first kappa shape index (κ1) is 25.1. The summed E-state index contributed by atoms with van der Waals surface area (Å²) in [5, 5.41) is 15.9. The molecule has 0 saturated heterocycles. The molecule has 0 aromatic rings. The lowest BCUT2D eigenvalue weighted by atomic mass is 10.0. The van der Waals surface area contributed by atoms with Crippen LogP contribution in [0.3, 0.4) is 0 Å². The topological polar surface area (TPSA) is 177 Å². The third kappa shape index (κ3) is 10.2. The predicted octanol–water partition coefficient (Wildman–Crippen LogP) is -1.80. The molecule has 3 atom stereocenters. The maximum atomic E-state index is 12.5. The fourth-order valence-electron chi connectivity index (χ4n) is 2.18. The van der Waals surface area contributed by atoms with Crippen LogP contribution in [-0.4, -0.2) is 65.8 Å². The molecular formula is C16H31N5O5S. The van der Waals surface area contributed by atoms with Crippen LogP contribution in [0.2, 0.25) is 0 Å². The predicted molar refractivity (Wildman–Crippen MR) is 104 cm³/mol. The zero-order valence-corrected chi connectivity index (χ0v) is 16.6. The summed E-state index contributed by atoms with van der Waals surface area (Å²) in [6, 6.07) is -2.69. The Morgan fingerprint density at radius 3 is 2.15 bits per heavy atom. The Morgan fingerprint density at radius 2 is 1.67 bits per heavy atom. The van der Waals surface area contributed by atoms with E-state index in [0.29, 0.717) is 19.4 Å². The zero-order valence-electron chi connectivity index (χ0n) is 15.7. The van der Waals surface area contributed by atoms with Crippen molar-refractivity contribution >= 4 is 36.3 Å². The van der Waals surface area contributed by atoms with Gasteiger partial charge in [-0.15, -0.1) is 0 Å². The van der Waals surface area contributed by atoms with Gasteiger partial charge in [-0.25, -0.2) is 0 Å². The average molecular weight is 406 g/mol. The Labute approximate surface area is 164 Å². The fraction of sp³-hybridized carbons (Fsp3) is 0.750. The van der Waals surface area contributed by atoms with Crippen LogP contribution in [0.4, 0.5) is 0 Å². The number of carboxylic acids is 1. The van der Waals surface area contributed by atoms with Crippen molar-refractivity contribution < 1.29 is 24.3 Å². The quantitative estimate of drug-likeness (QED) is 0.140. The summed E-state index contributed by atoms with van der Waals surface area (Å²) >= 11 is 4.00. The molecule has 0 aliphatic carbocycles. The summed E-state index contributed by atoms with van der Waals surface area (Å²) < 4.78 is 0. The summed E-state index contributed by atoms with van der Waals surface area (Å²) in [6.45, 7) is 3.43. The number of hydrogen-bond donors (Lipinski definition) is 7. The summed E-state index contributed by atoms with van der Waals surface area (Å²) in [6.07, 6.45) is 1.91. The molecule has 0 spiro atoms. The van der Waals surface area contributed by atoms with Crippen molar-refractivity contribution in [1.29, 1.82) is 0 Å². The Kier molecular flexibility index (Phi) is 12.4. The Morgan fingerprint density at radius 1 is 1.04 bits per heavy atom. The first-order valence-electron chi connectivity index (χ1n) is 8.80. The van der Waals surface area contributed by atoms with Crippen LogP contribution in [0.5, 0.6) is 0 Å². The second-order valence-electron chi connectivity index (χ2n) is 6.48. The smallest absolute Gasteiger partial charge is 0.322 e. The summed E-state index contributed by atoms with van der Waals surface area (Å²) in [4.78, 5) is 47.2. The van der Waals surface area contributed by atoms with E-state index >= 15 is 0 Å². The van der Waals surface area contributed by atoms with E-state index in [1.807, 2.05) is 0 Å². The average Bonchev–Trinajstić information content (AvgIpc) is 2.61. The minimum Gasteiger partial charge on any atom is -0.480 e. The van der Waals surface area contributed by atoms with Gasteiger partial charge >= 0.3 is 5.97 Å². The van der Waals surface area contributed by atoms with E-state index in [9.17, 15) is 19.2 Å². The Bertz CT molecular complexity index is 517. The zero-order chi connectivity index (χ0) is 21.0. The molecule has 0 aromatic heterocycles. The number of aliphatic carboxylic acids is 1. The van der Waals surface area contributed by atoms with Crippen LogP contribution < -0.4 is 27.4 Å². The Balaban J connectivity index is 4.83. The van der Waals surface area contributed by atoms with E-state index in [1.54, 1.807) is 13.8 Å². The van der Waals surface area contributed by atoms with Crippen molar-refractivity contribution in [2.75, 3.05) is 18.8 Å². The highest BCUT2D eigenvalue weighted by Gasteiger charge is 2.29. The van der Waals surface area contributed by atoms with E-state index in [2.05, 4.69) is 28.6 Å². The van der Waals surface area contributed by atoms with Crippen molar-refractivity contribution in [2.24, 2.45) is 17.4 Å². The summed E-state index contributed by atoms with van der Waals surface area (Å²) in [7, 11) is 0. The molecule has 0 radical (unpaired) electrons. The van der Waals surface area contributed by atoms with Crippen molar-refractivity contribution in [3.63, 3.8) is 0 Å². The lowest BCUT2D eigenvalue weighted by Gasteiger charge is -2.25. The molecule has 156 valence electrons.